The van der Waals surface area contributed by atoms with Gasteiger partial charge in [-0.1, -0.05) is 17.4 Å². The van der Waals surface area contributed by atoms with Gasteiger partial charge in [-0.2, -0.15) is 18.2 Å². The first-order valence-electron chi connectivity index (χ1n) is 5.25. The minimum absolute atomic E-state index is 0.0282. The highest BCUT2D eigenvalue weighted by Gasteiger charge is 2.33. The summed E-state index contributed by atoms with van der Waals surface area (Å²) >= 11 is 4.77. The van der Waals surface area contributed by atoms with Crippen LogP contribution in [0, 0.1) is 0 Å². The van der Waals surface area contributed by atoms with Crippen LogP contribution in [0.15, 0.2) is 23.0 Å². The summed E-state index contributed by atoms with van der Waals surface area (Å²) < 4.78 is 42.4. The van der Waals surface area contributed by atoms with Crippen LogP contribution in [-0.4, -0.2) is 20.1 Å². The lowest BCUT2D eigenvalue weighted by Gasteiger charge is -2.12. The minimum atomic E-state index is -4.56. The molecule has 0 radical (unpaired) electrons. The van der Waals surface area contributed by atoms with Gasteiger partial charge in [0, 0.05) is 0 Å². The first kappa shape index (κ1) is 14.2. The number of alkyl halides is 3. The Labute approximate surface area is 116 Å². The molecule has 0 aliphatic rings. The molecule has 0 amide bonds. The molecule has 0 aliphatic carbocycles. The molecule has 2 aromatic rings. The van der Waals surface area contributed by atoms with Gasteiger partial charge in [0.25, 0.3) is 0 Å². The van der Waals surface area contributed by atoms with Crippen LogP contribution in [0.4, 0.5) is 19.0 Å². The number of hydrogen-bond donors (Lipinski definition) is 2. The number of nitrogens with two attached hydrogens (primary N) is 1. The maximum absolute atomic E-state index is 12.6. The molecule has 3 N–H and O–H groups in total. The number of thiocarbonyl (C=S) groups is 1. The van der Waals surface area contributed by atoms with Gasteiger partial charge in [-0.3, -0.25) is 0 Å². The van der Waals surface area contributed by atoms with Gasteiger partial charge in [0.2, 0.25) is 6.39 Å². The lowest BCUT2D eigenvalue weighted by molar-refractivity contribution is -0.141. The van der Waals surface area contributed by atoms with Crippen LogP contribution in [0.25, 0.3) is 0 Å². The van der Waals surface area contributed by atoms with Crippen molar-refractivity contribution in [3.8, 4) is 0 Å². The van der Waals surface area contributed by atoms with Crippen molar-refractivity contribution in [2.75, 3.05) is 5.32 Å². The van der Waals surface area contributed by atoms with Crippen molar-refractivity contribution in [2.45, 2.75) is 12.7 Å². The number of nitrogens with one attached hydrogen (secondary N) is 1. The van der Waals surface area contributed by atoms with Gasteiger partial charge in [0.05, 0.1) is 12.1 Å². The van der Waals surface area contributed by atoms with Crippen LogP contribution in [-0.2, 0) is 12.7 Å². The molecule has 0 bridgehead atoms. The fourth-order valence-electron chi connectivity index (χ4n) is 1.38. The molecule has 2 rings (SSSR count). The normalized spacial score (nSPS) is 11.3. The van der Waals surface area contributed by atoms with E-state index >= 15 is 0 Å². The molecular weight excluding hydrogens is 295 g/mol. The molecule has 0 fully saturated rings. The zero-order valence-electron chi connectivity index (χ0n) is 9.81. The highest BCUT2D eigenvalue weighted by atomic mass is 32.1. The summed E-state index contributed by atoms with van der Waals surface area (Å²) in [4.78, 5) is 7.13. The van der Waals surface area contributed by atoms with Crippen LogP contribution in [0.2, 0.25) is 0 Å². The highest BCUT2D eigenvalue weighted by molar-refractivity contribution is 7.80. The van der Waals surface area contributed by atoms with E-state index in [1.165, 1.54) is 0 Å². The number of aromatic nitrogens is 3. The molecule has 0 unspecified atom stereocenters. The molecular formula is C10H8F3N5OS. The standard InChI is InChI=1S/C10H8F3N5OS/c11-10(12,13)6-2-1-5(8(14)20)9(17-6)15-3-7-16-4-19-18-7/h1-2,4H,3H2,(H2,14,20)(H,15,17). The third kappa shape index (κ3) is 3.20. The Bertz CT molecular complexity index is 614. The summed E-state index contributed by atoms with van der Waals surface area (Å²) in [5.74, 6) is 0.176. The topological polar surface area (TPSA) is 89.9 Å². The van der Waals surface area contributed by atoms with Crippen molar-refractivity contribution in [1.29, 1.82) is 0 Å². The largest absolute Gasteiger partial charge is 0.433 e. The lowest BCUT2D eigenvalue weighted by atomic mass is 10.2. The summed E-state index contributed by atoms with van der Waals surface area (Å²) in [6.07, 6.45) is -3.46. The Morgan fingerprint density at radius 1 is 1.40 bits per heavy atom. The summed E-state index contributed by atoms with van der Waals surface area (Å²) in [6.45, 7) is 0.0282. The van der Waals surface area contributed by atoms with E-state index in [0.29, 0.717) is 0 Å². The second-order valence-corrected chi connectivity index (χ2v) is 4.10. The van der Waals surface area contributed by atoms with Crippen LogP contribution < -0.4 is 11.1 Å². The SMILES string of the molecule is NC(=S)c1ccc(C(F)(F)F)nc1NCc1ncon1. The Kier molecular flexibility index (Phi) is 3.84. The third-order valence-electron chi connectivity index (χ3n) is 2.27. The molecule has 0 saturated carbocycles. The average Bonchev–Trinajstić information content (AvgIpc) is 2.87. The summed E-state index contributed by atoms with van der Waals surface area (Å²) in [7, 11) is 0. The fraction of sp³-hybridized carbons (Fsp3) is 0.200. The number of halogens is 3. The second kappa shape index (κ2) is 5.41. The Hall–Kier alpha value is -2.23. The van der Waals surface area contributed by atoms with Crippen LogP contribution >= 0.6 is 12.2 Å². The van der Waals surface area contributed by atoms with Gasteiger partial charge in [-0.25, -0.2) is 4.98 Å². The molecule has 0 spiro atoms. The minimum Gasteiger partial charge on any atom is -0.389 e. The Balaban J connectivity index is 2.29. The van der Waals surface area contributed by atoms with Crippen molar-refractivity contribution in [1.82, 2.24) is 15.1 Å². The van der Waals surface area contributed by atoms with E-state index in [-0.39, 0.29) is 28.7 Å². The maximum Gasteiger partial charge on any atom is 0.433 e. The van der Waals surface area contributed by atoms with E-state index in [2.05, 4.69) is 25.0 Å². The smallest absolute Gasteiger partial charge is 0.389 e. The summed E-state index contributed by atoms with van der Waals surface area (Å²) in [6, 6.07) is 1.98. The van der Waals surface area contributed by atoms with Crippen molar-refractivity contribution in [3.05, 3.63) is 35.6 Å². The van der Waals surface area contributed by atoms with E-state index in [4.69, 9.17) is 18.0 Å². The molecule has 2 heterocycles. The fourth-order valence-corrected chi connectivity index (χ4v) is 1.55. The average molecular weight is 303 g/mol. The van der Waals surface area contributed by atoms with Gasteiger partial charge in [0.15, 0.2) is 5.82 Å². The summed E-state index contributed by atoms with van der Waals surface area (Å²) in [5.41, 5.74) is 4.60. The molecule has 0 aliphatic heterocycles. The van der Waals surface area contributed by atoms with E-state index in [1.54, 1.807) is 0 Å². The second-order valence-electron chi connectivity index (χ2n) is 3.66. The number of pyridine rings is 1. The van der Waals surface area contributed by atoms with Crippen LogP contribution in [0.5, 0.6) is 0 Å². The zero-order valence-corrected chi connectivity index (χ0v) is 10.6. The number of nitrogens with zero attached hydrogens (tertiary/aromatic N) is 3. The highest BCUT2D eigenvalue weighted by Crippen LogP contribution is 2.29. The first-order chi connectivity index (χ1) is 9.38. The van der Waals surface area contributed by atoms with Gasteiger partial charge < -0.3 is 15.6 Å². The molecule has 0 aromatic carbocycles. The maximum atomic E-state index is 12.6. The number of rotatable bonds is 4. The van der Waals surface area contributed by atoms with Crippen molar-refractivity contribution in [3.63, 3.8) is 0 Å². The number of hydrogen-bond acceptors (Lipinski definition) is 6. The zero-order chi connectivity index (χ0) is 14.8. The predicted molar refractivity (Wildman–Crippen MR) is 66.8 cm³/mol. The molecule has 0 atom stereocenters. The van der Waals surface area contributed by atoms with E-state index < -0.39 is 11.9 Å². The van der Waals surface area contributed by atoms with Gasteiger partial charge in [-0.05, 0) is 12.1 Å². The van der Waals surface area contributed by atoms with Crippen molar-refractivity contribution >= 4 is 23.0 Å². The summed E-state index contributed by atoms with van der Waals surface area (Å²) in [5, 5.41) is 6.16. The Morgan fingerprint density at radius 3 is 2.70 bits per heavy atom. The number of anilines is 1. The van der Waals surface area contributed by atoms with Crippen LogP contribution in [0.3, 0.4) is 0 Å². The molecule has 2 aromatic heterocycles. The third-order valence-corrected chi connectivity index (χ3v) is 2.49. The molecule has 20 heavy (non-hydrogen) atoms. The van der Waals surface area contributed by atoms with E-state index in [9.17, 15) is 13.2 Å². The molecule has 10 heteroatoms. The Morgan fingerprint density at radius 2 is 2.15 bits per heavy atom. The van der Waals surface area contributed by atoms with E-state index in [1.807, 2.05) is 0 Å². The quantitative estimate of drug-likeness (QED) is 0.831. The predicted octanol–water partition coefficient (Wildman–Crippen LogP) is 1.73. The molecule has 0 saturated heterocycles. The molecule has 6 nitrogen and oxygen atoms in total. The van der Waals surface area contributed by atoms with Gasteiger partial charge in [-0.15, -0.1) is 0 Å². The van der Waals surface area contributed by atoms with Gasteiger partial charge >= 0.3 is 6.18 Å². The molecule has 106 valence electrons. The van der Waals surface area contributed by atoms with Crippen molar-refractivity contribution < 1.29 is 17.7 Å². The lowest BCUT2D eigenvalue weighted by Crippen LogP contribution is -2.17. The first-order valence-corrected chi connectivity index (χ1v) is 5.66. The monoisotopic (exact) mass is 303 g/mol. The van der Waals surface area contributed by atoms with E-state index in [0.717, 1.165) is 18.5 Å². The van der Waals surface area contributed by atoms with Crippen LogP contribution in [0.1, 0.15) is 17.1 Å². The van der Waals surface area contributed by atoms with Crippen molar-refractivity contribution in [2.24, 2.45) is 5.73 Å². The van der Waals surface area contributed by atoms with Gasteiger partial charge in [0.1, 0.15) is 16.5 Å².